The Morgan fingerprint density at radius 1 is 1.24 bits per heavy atom. The van der Waals surface area contributed by atoms with Crippen molar-refractivity contribution < 1.29 is 18.8 Å². The summed E-state index contributed by atoms with van der Waals surface area (Å²) in [5, 5.41) is 15.8. The average Bonchev–Trinajstić information content (AvgIpc) is 2.79. The maximum absolute atomic E-state index is 12.1. The first-order valence-electron chi connectivity index (χ1n) is 10.4. The highest BCUT2D eigenvalue weighted by molar-refractivity contribution is 7.75. The molecular weight excluding hydrogens is 442 g/mol. The van der Waals surface area contributed by atoms with Crippen molar-refractivity contribution in [2.45, 2.75) is 31.7 Å². The van der Waals surface area contributed by atoms with E-state index >= 15 is 0 Å². The molecule has 0 saturated heterocycles. The van der Waals surface area contributed by atoms with Crippen LogP contribution < -0.4 is 10.6 Å². The molecule has 1 aromatic heterocycles. The molecule has 0 aliphatic rings. The van der Waals surface area contributed by atoms with Gasteiger partial charge in [0, 0.05) is 23.5 Å². The Morgan fingerprint density at radius 3 is 2.67 bits per heavy atom. The molecule has 3 N–H and O–H groups in total. The van der Waals surface area contributed by atoms with Gasteiger partial charge in [-0.1, -0.05) is 46.9 Å². The molecule has 0 radical (unpaired) electrons. The fourth-order valence-electron chi connectivity index (χ4n) is 2.91. The fraction of sp³-hybridized carbons (Fsp3) is 0.261. The summed E-state index contributed by atoms with van der Waals surface area (Å²) in [7, 11) is -1.85. The largest absolute Gasteiger partial charge is 0.450 e. The van der Waals surface area contributed by atoms with Crippen LogP contribution in [0.1, 0.15) is 19.4 Å². The molecule has 0 bridgehead atoms. The highest BCUT2D eigenvalue weighted by Crippen LogP contribution is 2.28. The second-order valence-corrected chi connectivity index (χ2v) is 8.39. The normalized spacial score (nSPS) is 12.7. The summed E-state index contributed by atoms with van der Waals surface area (Å²) in [5.74, 6) is 0.940. The summed E-state index contributed by atoms with van der Waals surface area (Å²) >= 11 is 0. The van der Waals surface area contributed by atoms with E-state index < -0.39 is 16.7 Å². The van der Waals surface area contributed by atoms with Gasteiger partial charge >= 0.3 is 6.09 Å². The third-order valence-electron chi connectivity index (χ3n) is 4.51. The number of ether oxygens (including phenoxy) is 1. The lowest BCUT2D eigenvalue weighted by molar-refractivity contribution is 0.164. The van der Waals surface area contributed by atoms with Crippen molar-refractivity contribution in [2.75, 3.05) is 23.8 Å². The van der Waals surface area contributed by atoms with E-state index in [-0.39, 0.29) is 19.3 Å². The zero-order valence-electron chi connectivity index (χ0n) is 18.6. The first kappa shape index (κ1) is 24.1. The molecule has 1 heterocycles. The summed E-state index contributed by atoms with van der Waals surface area (Å²) in [6, 6.07) is 14.4. The van der Waals surface area contributed by atoms with E-state index in [1.165, 1.54) is 0 Å². The van der Waals surface area contributed by atoms with Gasteiger partial charge in [-0.3, -0.25) is 4.36 Å². The molecule has 0 aliphatic carbocycles. The van der Waals surface area contributed by atoms with Crippen LogP contribution in [-0.2, 0) is 19.5 Å². The van der Waals surface area contributed by atoms with E-state index in [0.29, 0.717) is 22.3 Å². The third kappa shape index (κ3) is 6.74. The number of hydrogen-bond acceptors (Lipinski definition) is 9. The second kappa shape index (κ2) is 11.4. The Labute approximate surface area is 194 Å². The number of hydrogen-bond donors (Lipinski definition) is 3. The molecule has 10 heteroatoms. The molecule has 1 amide bonds. The van der Waals surface area contributed by atoms with Gasteiger partial charge < -0.3 is 24.7 Å². The Kier molecular flexibility index (Phi) is 8.34. The molecule has 3 aromatic rings. The monoisotopic (exact) mass is 468 g/mol. The van der Waals surface area contributed by atoms with Crippen molar-refractivity contribution in [2.24, 2.45) is 4.36 Å². The van der Waals surface area contributed by atoms with Gasteiger partial charge in [-0.05, 0) is 38.5 Å². The van der Waals surface area contributed by atoms with Crippen LogP contribution in [0.4, 0.5) is 22.2 Å². The van der Waals surface area contributed by atoms with Gasteiger partial charge in [0.25, 0.3) is 0 Å². The number of aliphatic hydroxyl groups is 1. The number of aryl methyl sites for hydroxylation is 1. The fourth-order valence-corrected chi connectivity index (χ4v) is 3.57. The van der Waals surface area contributed by atoms with Crippen LogP contribution >= 0.6 is 0 Å². The van der Waals surface area contributed by atoms with Crippen LogP contribution in [0.15, 0.2) is 64.0 Å². The number of rotatable bonds is 8. The predicted molar refractivity (Wildman–Crippen MR) is 128 cm³/mol. The van der Waals surface area contributed by atoms with Gasteiger partial charge in [-0.2, -0.15) is 4.98 Å². The molecule has 0 aliphatic heterocycles. The van der Waals surface area contributed by atoms with Gasteiger partial charge in [-0.25, -0.2) is 9.78 Å². The van der Waals surface area contributed by atoms with Crippen molar-refractivity contribution in [1.82, 2.24) is 9.97 Å². The van der Waals surface area contributed by atoms with Gasteiger partial charge in [-0.15, -0.1) is 10.6 Å². The average molecular weight is 469 g/mol. The molecular formula is C23H26N5O4S-. The second-order valence-electron chi connectivity index (χ2n) is 7.24. The zero-order chi connectivity index (χ0) is 23.8. The van der Waals surface area contributed by atoms with Crippen molar-refractivity contribution >= 4 is 34.1 Å². The van der Waals surface area contributed by atoms with Crippen LogP contribution in [0.5, 0.6) is 0 Å². The lowest BCUT2D eigenvalue weighted by Gasteiger charge is -2.17. The van der Waals surface area contributed by atoms with Crippen LogP contribution in [0, 0.1) is 6.92 Å². The number of nitrogens with zero attached hydrogens (tertiary/aromatic N) is 3. The minimum absolute atomic E-state index is 0.0462. The van der Waals surface area contributed by atoms with E-state index in [0.717, 1.165) is 16.7 Å². The predicted octanol–water partition coefficient (Wildman–Crippen LogP) is 4.65. The molecule has 0 saturated carbocycles. The summed E-state index contributed by atoms with van der Waals surface area (Å²) in [6.07, 6.45) is 0.857. The topological polar surface area (TPSA) is 126 Å². The molecule has 0 spiro atoms. The van der Waals surface area contributed by atoms with Crippen LogP contribution in [0.2, 0.25) is 0 Å². The first-order chi connectivity index (χ1) is 15.9. The molecule has 3 rings (SSSR count). The summed E-state index contributed by atoms with van der Waals surface area (Å²) in [6.45, 7) is 5.64. The van der Waals surface area contributed by atoms with E-state index in [1.807, 2.05) is 38.1 Å². The number of carbonyl (C=O) groups is 1. The smallest absolute Gasteiger partial charge is 0.410 e. The maximum atomic E-state index is 12.1. The molecule has 0 unspecified atom stereocenters. The maximum Gasteiger partial charge on any atom is 0.410 e. The summed E-state index contributed by atoms with van der Waals surface area (Å²) in [4.78, 5) is 20.8. The number of anilines is 3. The number of aliphatic hydroxyl groups excluding tert-OH is 1. The van der Waals surface area contributed by atoms with E-state index in [2.05, 4.69) is 29.7 Å². The van der Waals surface area contributed by atoms with Gasteiger partial charge in [0.2, 0.25) is 5.95 Å². The molecule has 1 atom stereocenters. The van der Waals surface area contributed by atoms with Crippen molar-refractivity contribution in [3.8, 4) is 11.1 Å². The van der Waals surface area contributed by atoms with E-state index in [1.54, 1.807) is 37.4 Å². The molecule has 0 fully saturated rings. The quantitative estimate of drug-likeness (QED) is 0.408. The van der Waals surface area contributed by atoms with E-state index in [4.69, 9.17) is 0 Å². The lowest BCUT2D eigenvalue weighted by Crippen LogP contribution is -2.21. The van der Waals surface area contributed by atoms with Crippen LogP contribution in [-0.4, -0.2) is 40.4 Å². The zero-order valence-corrected chi connectivity index (χ0v) is 19.4. The number of amides is 1. The molecule has 9 nitrogen and oxygen atoms in total. The number of carbonyl (C=O) groups excluding carboxylic acids is 1. The number of benzene rings is 2. The minimum Gasteiger partial charge on any atom is -0.450 e. The standard InChI is InChI=1S/C23H26N5O4S/c1-4-32-23(30)28-33(31)19-10-8-18(9-11-19)26-22-24-13-20(17-7-5-6-15(2)12-17)21(27-22)25-16(3)14-29/h5-13,16,29H,4,14H2,1-3H3,(H2,24,25,26,27)/q-1/t16-/m1/s1. The molecule has 174 valence electrons. The van der Waals surface area contributed by atoms with Crippen LogP contribution in [0.3, 0.4) is 0 Å². The van der Waals surface area contributed by atoms with Gasteiger partial charge in [0.1, 0.15) is 5.82 Å². The first-order valence-corrected chi connectivity index (χ1v) is 11.5. The highest BCUT2D eigenvalue weighted by Gasteiger charge is 2.12. The van der Waals surface area contributed by atoms with Crippen molar-refractivity contribution in [1.29, 1.82) is 0 Å². The van der Waals surface area contributed by atoms with E-state index in [9.17, 15) is 14.1 Å². The van der Waals surface area contributed by atoms with Gasteiger partial charge in [0.05, 0.1) is 13.2 Å². The Hall–Kier alpha value is -3.50. The molecule has 2 aromatic carbocycles. The van der Waals surface area contributed by atoms with Crippen molar-refractivity contribution in [3.63, 3.8) is 0 Å². The highest BCUT2D eigenvalue weighted by atomic mass is 32.2. The van der Waals surface area contributed by atoms with Gasteiger partial charge in [0.15, 0.2) is 0 Å². The van der Waals surface area contributed by atoms with Crippen molar-refractivity contribution in [3.05, 3.63) is 60.3 Å². The number of aromatic nitrogens is 2. The summed E-state index contributed by atoms with van der Waals surface area (Å²) < 4.78 is 20.3. The Morgan fingerprint density at radius 2 is 2.00 bits per heavy atom. The molecule has 33 heavy (non-hydrogen) atoms. The number of nitrogens with one attached hydrogen (secondary N) is 2. The van der Waals surface area contributed by atoms with Crippen LogP contribution in [0.25, 0.3) is 11.1 Å². The Bertz CT molecular complexity index is 1190. The third-order valence-corrected chi connectivity index (χ3v) is 5.50. The minimum atomic E-state index is -1.85. The SMILES string of the molecule is CCOC(=O)N=[S-](=O)c1ccc(Nc2ncc(-c3cccc(C)c3)c(N[C@H](C)CO)n2)cc1. The lowest BCUT2D eigenvalue weighted by atomic mass is 10.1. The Balaban J connectivity index is 1.84. The summed E-state index contributed by atoms with van der Waals surface area (Å²) in [5.41, 5.74) is 3.56.